The lowest BCUT2D eigenvalue weighted by molar-refractivity contribution is -0.385. The molecule has 0 fully saturated rings. The van der Waals surface area contributed by atoms with Crippen molar-refractivity contribution in [1.82, 2.24) is 0 Å². The summed E-state index contributed by atoms with van der Waals surface area (Å²) in [6.45, 7) is 4.17. The lowest BCUT2D eigenvalue weighted by Gasteiger charge is -2.10. The highest BCUT2D eigenvalue weighted by atomic mass is 16.7. The highest BCUT2D eigenvalue weighted by Gasteiger charge is 2.15. The molecule has 0 amide bonds. The highest BCUT2D eigenvalue weighted by molar-refractivity contribution is 5.60. The van der Waals surface area contributed by atoms with Crippen LogP contribution in [0.3, 0.4) is 0 Å². The molecular weight excluding hydrogens is 416 g/mol. The first-order chi connectivity index (χ1) is 15.3. The largest absolute Gasteiger partial charge is 0.454 e. The molecule has 1 aliphatic heterocycles. The van der Waals surface area contributed by atoms with Crippen molar-refractivity contribution >= 4 is 22.7 Å². The zero-order valence-corrected chi connectivity index (χ0v) is 17.5. The fourth-order valence-electron chi connectivity index (χ4n) is 3.10. The van der Waals surface area contributed by atoms with Gasteiger partial charge in [0, 0.05) is 41.2 Å². The van der Waals surface area contributed by atoms with E-state index in [9.17, 15) is 20.2 Å². The van der Waals surface area contributed by atoms with Crippen LogP contribution >= 0.6 is 0 Å². The maximum absolute atomic E-state index is 10.9. The van der Waals surface area contributed by atoms with Gasteiger partial charge in [-0.25, -0.2) is 0 Å². The number of nitrogens with zero attached hydrogens (tertiary/aromatic N) is 2. The third-order valence-electron chi connectivity index (χ3n) is 4.97. The zero-order chi connectivity index (χ0) is 23.3. The SMILES string of the molecule is Cc1c(N)cccc1[N+](=O)[O-].Cc1c(NCc2ccc3c(c2)OCO3)cccc1[N+](=O)[O-]. The molecule has 0 aliphatic carbocycles. The molecule has 1 aliphatic rings. The topological polar surface area (TPSA) is 143 Å². The van der Waals surface area contributed by atoms with Gasteiger partial charge < -0.3 is 20.5 Å². The van der Waals surface area contributed by atoms with Gasteiger partial charge in [0.2, 0.25) is 6.79 Å². The van der Waals surface area contributed by atoms with Crippen LogP contribution < -0.4 is 20.5 Å². The standard InChI is InChI=1S/C15H14N2O4.C7H8N2O2/c1-10-12(3-2-4-13(10)17(18)19)16-8-11-5-6-14-15(7-11)21-9-20-14;1-5-6(8)3-2-4-7(5)9(10)11/h2-7,16H,8-9H2,1H3;2-4H,8H2,1H3. The van der Waals surface area contributed by atoms with Crippen LogP contribution in [0, 0.1) is 34.1 Å². The van der Waals surface area contributed by atoms with Crippen LogP contribution in [0.2, 0.25) is 0 Å². The maximum Gasteiger partial charge on any atom is 0.274 e. The van der Waals surface area contributed by atoms with Gasteiger partial charge in [0.15, 0.2) is 11.5 Å². The van der Waals surface area contributed by atoms with E-state index in [0.717, 1.165) is 22.7 Å². The molecular formula is C22H22N4O6. The number of fused-ring (bicyclic) bond motifs is 1. The molecule has 0 spiro atoms. The normalized spacial score (nSPS) is 11.3. The van der Waals surface area contributed by atoms with Gasteiger partial charge in [-0.05, 0) is 43.7 Å². The summed E-state index contributed by atoms with van der Waals surface area (Å²) in [4.78, 5) is 20.4. The van der Waals surface area contributed by atoms with Gasteiger partial charge in [0.1, 0.15) is 0 Å². The van der Waals surface area contributed by atoms with Crippen molar-refractivity contribution < 1.29 is 19.3 Å². The van der Waals surface area contributed by atoms with Crippen molar-refractivity contribution in [3.63, 3.8) is 0 Å². The lowest BCUT2D eigenvalue weighted by atomic mass is 10.1. The minimum Gasteiger partial charge on any atom is -0.454 e. The van der Waals surface area contributed by atoms with E-state index in [2.05, 4.69) is 5.32 Å². The molecule has 10 heteroatoms. The van der Waals surface area contributed by atoms with Gasteiger partial charge in [-0.2, -0.15) is 0 Å². The molecule has 0 atom stereocenters. The summed E-state index contributed by atoms with van der Waals surface area (Å²) in [6, 6.07) is 15.4. The van der Waals surface area contributed by atoms with Gasteiger partial charge >= 0.3 is 0 Å². The molecule has 1 heterocycles. The van der Waals surface area contributed by atoms with Crippen molar-refractivity contribution in [2.75, 3.05) is 17.8 Å². The molecule has 0 saturated carbocycles. The molecule has 166 valence electrons. The predicted octanol–water partition coefficient (Wildman–Crippen LogP) is 4.73. The lowest BCUT2D eigenvalue weighted by Crippen LogP contribution is -2.02. The summed E-state index contributed by atoms with van der Waals surface area (Å²) >= 11 is 0. The second kappa shape index (κ2) is 9.65. The Morgan fingerprint density at radius 3 is 2.19 bits per heavy atom. The van der Waals surface area contributed by atoms with Crippen LogP contribution in [0.25, 0.3) is 0 Å². The van der Waals surface area contributed by atoms with Crippen LogP contribution in [0.15, 0.2) is 54.6 Å². The fourth-order valence-corrected chi connectivity index (χ4v) is 3.10. The van der Waals surface area contributed by atoms with Gasteiger partial charge in [-0.15, -0.1) is 0 Å². The van der Waals surface area contributed by atoms with Crippen molar-refractivity contribution in [2.24, 2.45) is 0 Å². The number of hydrogen-bond donors (Lipinski definition) is 2. The van der Waals surface area contributed by atoms with Gasteiger partial charge in [0.25, 0.3) is 11.4 Å². The van der Waals surface area contributed by atoms with E-state index in [1.807, 2.05) is 24.3 Å². The first-order valence-corrected chi connectivity index (χ1v) is 9.63. The second-order valence-electron chi connectivity index (χ2n) is 7.00. The molecule has 0 bridgehead atoms. The number of rotatable bonds is 5. The Hall–Kier alpha value is -4.34. The quantitative estimate of drug-likeness (QED) is 0.331. The Morgan fingerprint density at radius 2 is 1.53 bits per heavy atom. The Labute approximate surface area is 183 Å². The van der Waals surface area contributed by atoms with E-state index in [4.69, 9.17) is 15.2 Å². The monoisotopic (exact) mass is 438 g/mol. The number of nitrogens with one attached hydrogen (secondary N) is 1. The summed E-state index contributed by atoms with van der Waals surface area (Å²) in [5.74, 6) is 1.47. The average molecular weight is 438 g/mol. The molecule has 4 rings (SSSR count). The van der Waals surface area contributed by atoms with Crippen LogP contribution in [-0.2, 0) is 6.54 Å². The average Bonchev–Trinajstić information content (AvgIpc) is 3.23. The van der Waals surface area contributed by atoms with E-state index in [0.29, 0.717) is 23.4 Å². The van der Waals surface area contributed by atoms with E-state index < -0.39 is 4.92 Å². The summed E-state index contributed by atoms with van der Waals surface area (Å²) in [7, 11) is 0. The summed E-state index contributed by atoms with van der Waals surface area (Å²) in [5.41, 5.74) is 9.03. The molecule has 10 nitrogen and oxygen atoms in total. The van der Waals surface area contributed by atoms with E-state index in [-0.39, 0.29) is 23.1 Å². The van der Waals surface area contributed by atoms with E-state index >= 15 is 0 Å². The molecule has 3 N–H and O–H groups in total. The number of ether oxygens (including phenoxy) is 2. The number of nitro benzene ring substituents is 2. The van der Waals surface area contributed by atoms with E-state index in [1.54, 1.807) is 32.0 Å². The molecule has 3 aromatic carbocycles. The molecule has 0 unspecified atom stereocenters. The van der Waals surface area contributed by atoms with Gasteiger partial charge in [-0.3, -0.25) is 20.2 Å². The number of anilines is 2. The smallest absolute Gasteiger partial charge is 0.274 e. The Morgan fingerprint density at radius 1 is 0.906 bits per heavy atom. The Kier molecular flexibility index (Phi) is 6.74. The molecule has 0 radical (unpaired) electrons. The Bertz CT molecular complexity index is 1170. The van der Waals surface area contributed by atoms with Crippen molar-refractivity contribution in [3.05, 3.63) is 91.5 Å². The van der Waals surface area contributed by atoms with Crippen LogP contribution in [0.1, 0.15) is 16.7 Å². The second-order valence-corrected chi connectivity index (χ2v) is 7.00. The van der Waals surface area contributed by atoms with Crippen molar-refractivity contribution in [3.8, 4) is 11.5 Å². The van der Waals surface area contributed by atoms with Crippen LogP contribution in [-0.4, -0.2) is 16.6 Å². The predicted molar refractivity (Wildman–Crippen MR) is 120 cm³/mol. The van der Waals surface area contributed by atoms with Gasteiger partial charge in [-0.1, -0.05) is 18.2 Å². The third kappa shape index (κ3) is 5.04. The first-order valence-electron chi connectivity index (χ1n) is 9.63. The number of nitro groups is 2. The first kappa shape index (κ1) is 22.3. The Balaban J connectivity index is 0.000000222. The number of hydrogen-bond acceptors (Lipinski definition) is 8. The maximum atomic E-state index is 10.9. The molecule has 3 aromatic rings. The summed E-state index contributed by atoms with van der Waals surface area (Å²) < 4.78 is 10.6. The van der Waals surface area contributed by atoms with Gasteiger partial charge in [0.05, 0.1) is 9.85 Å². The summed E-state index contributed by atoms with van der Waals surface area (Å²) in [5, 5.41) is 24.5. The zero-order valence-electron chi connectivity index (χ0n) is 17.5. The minimum absolute atomic E-state index is 0.0741. The number of benzene rings is 3. The van der Waals surface area contributed by atoms with Crippen LogP contribution in [0.4, 0.5) is 22.7 Å². The number of nitrogen functional groups attached to an aromatic ring is 1. The molecule has 0 saturated heterocycles. The van der Waals surface area contributed by atoms with Crippen molar-refractivity contribution in [1.29, 1.82) is 0 Å². The highest BCUT2D eigenvalue weighted by Crippen LogP contribution is 2.33. The van der Waals surface area contributed by atoms with E-state index in [1.165, 1.54) is 12.1 Å². The van der Waals surface area contributed by atoms with Crippen molar-refractivity contribution in [2.45, 2.75) is 20.4 Å². The summed E-state index contributed by atoms with van der Waals surface area (Å²) in [6.07, 6.45) is 0. The number of nitrogens with two attached hydrogens (primary N) is 1. The minimum atomic E-state index is -0.439. The fraction of sp³-hybridized carbons (Fsp3) is 0.182. The molecule has 0 aromatic heterocycles. The molecule has 32 heavy (non-hydrogen) atoms. The third-order valence-corrected chi connectivity index (χ3v) is 4.97. The van der Waals surface area contributed by atoms with Crippen LogP contribution in [0.5, 0.6) is 11.5 Å².